The molecule has 6 aromatic carbocycles. The van der Waals surface area contributed by atoms with Crippen LogP contribution < -0.4 is 4.90 Å². The number of aliphatic hydroxyl groups is 1. The van der Waals surface area contributed by atoms with Crippen LogP contribution in [0.5, 0.6) is 0 Å². The van der Waals surface area contributed by atoms with Crippen molar-refractivity contribution in [1.29, 1.82) is 15.8 Å². The number of thiophene rings is 4. The van der Waals surface area contributed by atoms with Crippen LogP contribution in [0.3, 0.4) is 0 Å². The number of likely N-dealkylation sites (N-methyl/N-ethyl adjacent to an activating group) is 1. The van der Waals surface area contributed by atoms with Gasteiger partial charge in [-0.1, -0.05) is 201 Å². The van der Waals surface area contributed by atoms with Gasteiger partial charge in [0.15, 0.2) is 11.3 Å². The van der Waals surface area contributed by atoms with Crippen LogP contribution in [0, 0.1) is 34.0 Å². The van der Waals surface area contributed by atoms with Crippen molar-refractivity contribution < 1.29 is 23.0 Å². The summed E-state index contributed by atoms with van der Waals surface area (Å²) in [6.07, 6.45) is -2.22. The molecular formula is C78H65F3N4O2S4. The summed E-state index contributed by atoms with van der Waals surface area (Å²) >= 11 is 7.00. The van der Waals surface area contributed by atoms with Gasteiger partial charge >= 0.3 is 6.18 Å². The summed E-state index contributed by atoms with van der Waals surface area (Å²) in [4.78, 5) is 8.38. The highest BCUT2D eigenvalue weighted by Crippen LogP contribution is 2.71. The Morgan fingerprint density at radius 1 is 0.549 bits per heavy atom. The fourth-order valence-electron chi connectivity index (χ4n) is 13.9. The average Bonchev–Trinajstić information content (AvgIpc) is 1.49. The molecule has 1 aliphatic heterocycles. The fraction of sp³-hybridized carbons (Fsp3) is 0.244. The molecule has 5 heterocycles. The molecule has 1 N–H and O–H groups in total. The van der Waals surface area contributed by atoms with Gasteiger partial charge in [0.1, 0.15) is 23.8 Å². The van der Waals surface area contributed by atoms with Crippen LogP contribution in [0.1, 0.15) is 156 Å². The molecule has 13 heteroatoms. The van der Waals surface area contributed by atoms with Crippen molar-refractivity contribution in [2.45, 2.75) is 102 Å². The minimum absolute atomic E-state index is 0.0570. The Bertz CT molecular complexity index is 4590. The van der Waals surface area contributed by atoms with E-state index in [0.717, 1.165) is 42.6 Å². The number of nitrogens with zero attached hydrogens (tertiary/aromatic N) is 4. The van der Waals surface area contributed by atoms with Crippen LogP contribution in [0.15, 0.2) is 192 Å². The van der Waals surface area contributed by atoms with E-state index in [1.54, 1.807) is 35.6 Å². The Balaban J connectivity index is 1.12. The Morgan fingerprint density at radius 2 is 0.989 bits per heavy atom. The molecule has 10 aromatic rings. The number of hydrogen-bond donors (Lipinski definition) is 1. The number of aliphatic hydroxyl groups excluding tert-OH is 1. The Kier molecular flexibility index (Phi) is 15.7. The maximum Gasteiger partial charge on any atom is 0.437 e. The number of hydrogen-bond acceptors (Lipinski definition) is 10. The zero-order valence-electron chi connectivity index (χ0n) is 51.9. The number of allylic oxidation sites excluding steroid dienone is 2. The molecule has 2 aliphatic carbocycles. The second-order valence-electron chi connectivity index (χ2n) is 25.1. The lowest BCUT2D eigenvalue weighted by atomic mass is 9.67. The standard InChI is InChI=1S/C78H65F3N4O2S4/c1-44(2)48-15-25-54(26-16-48)75(55-27-17-49(18-28-55)45(3)4)63-39-60(35-36-62-61(43-84)68(53(41-82)42-83)87-77(62,78(79,80)81)58-13-11-10-12-14-58)88-69(63)71-66(75)73-74(90-71)67-72(91-73)70-64(40-65(89-70)52-23-33-59(34-24-52)85(9)37-38-86)76(67,56-29-19-50(20-30-56)46(5)6)57-31-21-51(22-32-57)47(7)8/h10-36,39-40,44-47,86H,37-38H2,1-9H3/b36-35+. The zero-order chi connectivity index (χ0) is 64.1. The van der Waals surface area contributed by atoms with Crippen molar-refractivity contribution in [3.05, 3.63) is 270 Å². The average molecular weight is 1280 g/mol. The number of rotatable bonds is 15. The molecule has 0 fully saturated rings. The maximum absolute atomic E-state index is 16.2. The Hall–Kier alpha value is -8.58. The molecule has 13 rings (SSSR count). The van der Waals surface area contributed by atoms with Crippen molar-refractivity contribution in [2.24, 2.45) is 0 Å². The van der Waals surface area contributed by atoms with Gasteiger partial charge in [0.25, 0.3) is 5.60 Å². The molecule has 454 valence electrons. The normalized spacial score (nSPS) is 16.2. The second-order valence-corrected chi connectivity index (χ2v) is 29.3. The Labute approximate surface area is 546 Å². The first-order chi connectivity index (χ1) is 43.8. The molecule has 1 unspecified atom stereocenters. The molecule has 1 atom stereocenters. The molecule has 0 spiro atoms. The SMILES string of the molecule is CC(C)c1ccc(C2(c3ccc(C(C)C)cc3)c3cc(/C=C/C4=C(C#N)C(=C(C#N)C#N)OC4(c4ccccc4)C(F)(F)F)sc3-c3sc4c5c(sc4c32)-c2sc(-c3ccc(N(C)CCO)cc3)cc2C5(c2ccc(C(C)C)cc2)c2ccc(C(C)C)cc2)cc1. The largest absolute Gasteiger partial charge is 0.465 e. The summed E-state index contributed by atoms with van der Waals surface area (Å²) in [5.74, 6) is 0.414. The summed E-state index contributed by atoms with van der Waals surface area (Å²) in [5.41, 5.74) is 9.04. The van der Waals surface area contributed by atoms with Crippen LogP contribution >= 0.6 is 45.3 Å². The van der Waals surface area contributed by atoms with Crippen LogP contribution in [-0.4, -0.2) is 31.5 Å². The highest BCUT2D eigenvalue weighted by Gasteiger charge is 2.65. The van der Waals surface area contributed by atoms with Gasteiger partial charge in [0, 0.05) is 51.3 Å². The van der Waals surface area contributed by atoms with Gasteiger partial charge < -0.3 is 14.7 Å². The third-order valence-corrected chi connectivity index (χ3v) is 23.9. The van der Waals surface area contributed by atoms with Crippen LogP contribution in [0.2, 0.25) is 0 Å². The number of ether oxygens (including phenoxy) is 1. The molecule has 0 bridgehead atoms. The minimum atomic E-state index is -5.15. The molecule has 0 saturated heterocycles. The monoisotopic (exact) mass is 1270 g/mol. The highest BCUT2D eigenvalue weighted by atomic mass is 32.1. The summed E-state index contributed by atoms with van der Waals surface area (Å²) in [6.45, 7) is 18.3. The van der Waals surface area contributed by atoms with E-state index in [4.69, 9.17) is 4.74 Å². The topological polar surface area (TPSA) is 104 Å². The van der Waals surface area contributed by atoms with Gasteiger partial charge in [-0.15, -0.1) is 45.3 Å². The summed E-state index contributed by atoms with van der Waals surface area (Å²) < 4.78 is 56.9. The van der Waals surface area contributed by atoms with E-state index in [9.17, 15) is 20.9 Å². The lowest BCUT2D eigenvalue weighted by molar-refractivity contribution is -0.249. The number of fused-ring (bicyclic) bond motifs is 9. The van der Waals surface area contributed by atoms with Crippen LogP contribution in [0.25, 0.3) is 45.4 Å². The first-order valence-electron chi connectivity index (χ1n) is 30.7. The zero-order valence-corrected chi connectivity index (χ0v) is 55.1. The molecule has 91 heavy (non-hydrogen) atoms. The summed E-state index contributed by atoms with van der Waals surface area (Å²) in [7, 11) is 1.99. The van der Waals surface area contributed by atoms with Gasteiger partial charge in [0.2, 0.25) is 0 Å². The van der Waals surface area contributed by atoms with Crippen molar-refractivity contribution in [3.8, 4) is 48.2 Å². The van der Waals surface area contributed by atoms with Gasteiger partial charge in [-0.2, -0.15) is 29.0 Å². The predicted molar refractivity (Wildman–Crippen MR) is 367 cm³/mol. The molecule has 0 saturated carbocycles. The molecule has 6 nitrogen and oxygen atoms in total. The quantitative estimate of drug-likeness (QED) is 0.103. The van der Waals surface area contributed by atoms with Crippen molar-refractivity contribution in [1.82, 2.24) is 0 Å². The fourth-order valence-corrected chi connectivity index (χ4v) is 19.6. The first kappa shape index (κ1) is 61.3. The highest BCUT2D eigenvalue weighted by molar-refractivity contribution is 7.35. The lowest BCUT2D eigenvalue weighted by Gasteiger charge is -2.34. The number of halogens is 3. The van der Waals surface area contributed by atoms with E-state index in [0.29, 0.717) is 23.3 Å². The number of alkyl halides is 3. The molecule has 3 aliphatic rings. The molecule has 0 radical (unpaired) electrons. The molecular weight excluding hydrogens is 1210 g/mol. The van der Waals surface area contributed by atoms with Crippen LogP contribution in [-0.2, 0) is 21.2 Å². The third-order valence-electron chi connectivity index (χ3n) is 18.7. The smallest absolute Gasteiger partial charge is 0.437 e. The number of nitriles is 3. The Morgan fingerprint density at radius 3 is 1.40 bits per heavy atom. The van der Waals surface area contributed by atoms with E-state index in [-0.39, 0.29) is 24.0 Å². The minimum Gasteiger partial charge on any atom is -0.465 e. The van der Waals surface area contributed by atoms with Crippen molar-refractivity contribution in [2.75, 3.05) is 25.1 Å². The van der Waals surface area contributed by atoms with Crippen LogP contribution in [0.4, 0.5) is 18.9 Å². The summed E-state index contributed by atoms with van der Waals surface area (Å²) in [6, 6.07) is 62.1. The summed E-state index contributed by atoms with van der Waals surface area (Å²) in [5, 5.41) is 40.7. The number of anilines is 1. The lowest BCUT2D eigenvalue weighted by Crippen LogP contribution is -2.43. The van der Waals surface area contributed by atoms with E-state index in [1.807, 2.05) is 35.8 Å². The predicted octanol–water partition coefficient (Wildman–Crippen LogP) is 21.0. The van der Waals surface area contributed by atoms with E-state index in [1.165, 1.54) is 111 Å². The second kappa shape index (κ2) is 23.3. The van der Waals surface area contributed by atoms with E-state index in [2.05, 4.69) is 194 Å². The van der Waals surface area contributed by atoms with Gasteiger partial charge in [-0.25, -0.2) is 0 Å². The molecule has 4 aromatic heterocycles. The first-order valence-corrected chi connectivity index (χ1v) is 34.0. The maximum atomic E-state index is 16.2. The third kappa shape index (κ3) is 9.43. The van der Waals surface area contributed by atoms with E-state index >= 15 is 13.2 Å². The van der Waals surface area contributed by atoms with Gasteiger partial charge in [-0.05, 0) is 115 Å². The molecule has 0 amide bonds. The van der Waals surface area contributed by atoms with Crippen molar-refractivity contribution >= 4 is 66.5 Å². The van der Waals surface area contributed by atoms with E-state index < -0.39 is 45.1 Å². The van der Waals surface area contributed by atoms with Gasteiger partial charge in [-0.3, -0.25) is 0 Å². The van der Waals surface area contributed by atoms with Gasteiger partial charge in [0.05, 0.1) is 46.3 Å². The van der Waals surface area contributed by atoms with Crippen molar-refractivity contribution in [3.63, 3.8) is 0 Å². The number of benzene rings is 6.